The Labute approximate surface area is 92.3 Å². The van der Waals surface area contributed by atoms with Gasteiger partial charge in [-0.2, -0.15) is 0 Å². The highest BCUT2D eigenvalue weighted by atomic mass is 35.5. The maximum Gasteiger partial charge on any atom is 0.0362 e. The zero-order chi connectivity index (χ0) is 10.6. The molecule has 0 saturated carbocycles. The van der Waals surface area contributed by atoms with Gasteiger partial charge in [0.15, 0.2) is 0 Å². The van der Waals surface area contributed by atoms with Gasteiger partial charge >= 0.3 is 0 Å². The number of aryl methyl sites for hydroxylation is 2. The molecule has 1 aromatic rings. The highest BCUT2D eigenvalue weighted by Crippen LogP contribution is 2.18. The van der Waals surface area contributed by atoms with Crippen LogP contribution in [0.1, 0.15) is 31.4 Å². The van der Waals surface area contributed by atoms with Crippen molar-refractivity contribution in [2.75, 3.05) is 0 Å². The van der Waals surface area contributed by atoms with E-state index < -0.39 is 0 Å². The summed E-state index contributed by atoms with van der Waals surface area (Å²) in [5.41, 5.74) is 2.80. The molecule has 0 heterocycles. The molecule has 1 unspecified atom stereocenters. The average Bonchev–Trinajstić information content (AvgIpc) is 2.16. The van der Waals surface area contributed by atoms with Crippen LogP contribution in [0, 0.1) is 12.8 Å². The summed E-state index contributed by atoms with van der Waals surface area (Å²) in [5.74, 6) is 0.570. The number of benzene rings is 1. The number of rotatable bonds is 4. The molecule has 0 aliphatic heterocycles. The van der Waals surface area contributed by atoms with Crippen molar-refractivity contribution in [1.82, 2.24) is 0 Å². The number of halogens is 1. The van der Waals surface area contributed by atoms with E-state index in [9.17, 15) is 0 Å². The van der Waals surface area contributed by atoms with Crippen molar-refractivity contribution in [3.8, 4) is 0 Å². The molecule has 1 aromatic carbocycles. The molecule has 1 rings (SSSR count). The Balaban J connectivity index is 2.50. The summed E-state index contributed by atoms with van der Waals surface area (Å²) in [6.07, 6.45) is 2.17. The third-order valence-electron chi connectivity index (χ3n) is 2.67. The molecule has 0 aromatic heterocycles. The number of hydrogen-bond donors (Lipinski definition) is 0. The van der Waals surface area contributed by atoms with Crippen LogP contribution in [0.15, 0.2) is 24.3 Å². The fourth-order valence-corrected chi connectivity index (χ4v) is 1.63. The second kappa shape index (κ2) is 5.41. The third kappa shape index (κ3) is 3.34. The lowest BCUT2D eigenvalue weighted by Gasteiger charge is -2.13. The summed E-state index contributed by atoms with van der Waals surface area (Å²) >= 11 is 6.22. The predicted molar refractivity (Wildman–Crippen MR) is 64.0 cm³/mol. The van der Waals surface area contributed by atoms with Gasteiger partial charge < -0.3 is 0 Å². The van der Waals surface area contributed by atoms with Gasteiger partial charge in [0.05, 0.1) is 0 Å². The fraction of sp³-hybridized carbons (Fsp3) is 0.538. The minimum Gasteiger partial charge on any atom is -0.123 e. The van der Waals surface area contributed by atoms with E-state index in [2.05, 4.69) is 45.0 Å². The monoisotopic (exact) mass is 210 g/mol. The van der Waals surface area contributed by atoms with Crippen LogP contribution >= 0.6 is 11.6 Å². The van der Waals surface area contributed by atoms with E-state index >= 15 is 0 Å². The first-order valence-corrected chi connectivity index (χ1v) is 5.73. The van der Waals surface area contributed by atoms with Gasteiger partial charge in [-0.3, -0.25) is 0 Å². The normalized spacial score (nSPS) is 13.2. The number of alkyl halides is 1. The van der Waals surface area contributed by atoms with Gasteiger partial charge in [0, 0.05) is 5.38 Å². The smallest absolute Gasteiger partial charge is 0.0362 e. The Kier molecular flexibility index (Phi) is 4.47. The Hall–Kier alpha value is -0.490. The lowest BCUT2D eigenvalue weighted by molar-refractivity contribution is 0.565. The lowest BCUT2D eigenvalue weighted by atomic mass is 9.99. The van der Waals surface area contributed by atoms with Crippen LogP contribution in [0.25, 0.3) is 0 Å². The number of hydrogen-bond acceptors (Lipinski definition) is 0. The SMILES string of the molecule is Cc1ccccc1CCC(Cl)C(C)C. The van der Waals surface area contributed by atoms with Gasteiger partial charge in [-0.25, -0.2) is 0 Å². The first-order valence-electron chi connectivity index (χ1n) is 5.30. The quantitative estimate of drug-likeness (QED) is 0.654. The van der Waals surface area contributed by atoms with Crippen LogP contribution in [0.4, 0.5) is 0 Å². The molecule has 14 heavy (non-hydrogen) atoms. The minimum absolute atomic E-state index is 0.301. The van der Waals surface area contributed by atoms with E-state index in [1.165, 1.54) is 11.1 Å². The molecule has 1 atom stereocenters. The van der Waals surface area contributed by atoms with Gasteiger partial charge in [0.1, 0.15) is 0 Å². The third-order valence-corrected chi connectivity index (χ3v) is 3.40. The van der Waals surface area contributed by atoms with Gasteiger partial charge in [-0.1, -0.05) is 38.1 Å². The Morgan fingerprint density at radius 1 is 1.21 bits per heavy atom. The fourth-order valence-electron chi connectivity index (χ4n) is 1.52. The molecule has 0 bridgehead atoms. The summed E-state index contributed by atoms with van der Waals surface area (Å²) in [6, 6.07) is 8.54. The molecule has 0 spiro atoms. The molecule has 0 aliphatic carbocycles. The van der Waals surface area contributed by atoms with Crippen LogP contribution in [0.3, 0.4) is 0 Å². The molecule has 0 aliphatic rings. The van der Waals surface area contributed by atoms with E-state index in [-0.39, 0.29) is 0 Å². The zero-order valence-corrected chi connectivity index (χ0v) is 10.0. The highest BCUT2D eigenvalue weighted by Gasteiger charge is 2.09. The summed E-state index contributed by atoms with van der Waals surface area (Å²) in [6.45, 7) is 6.51. The topological polar surface area (TPSA) is 0 Å². The summed E-state index contributed by atoms with van der Waals surface area (Å²) in [5, 5.41) is 0.301. The first-order chi connectivity index (χ1) is 6.61. The average molecular weight is 211 g/mol. The van der Waals surface area contributed by atoms with Crippen LogP contribution in [-0.4, -0.2) is 5.38 Å². The van der Waals surface area contributed by atoms with E-state index in [4.69, 9.17) is 11.6 Å². The van der Waals surface area contributed by atoms with Crippen molar-refractivity contribution in [1.29, 1.82) is 0 Å². The molecule has 0 radical (unpaired) electrons. The lowest BCUT2D eigenvalue weighted by Crippen LogP contribution is -2.09. The van der Waals surface area contributed by atoms with Gasteiger partial charge in [0.2, 0.25) is 0 Å². The van der Waals surface area contributed by atoms with E-state index in [1.807, 2.05) is 0 Å². The maximum absolute atomic E-state index is 6.22. The molecule has 0 nitrogen and oxygen atoms in total. The summed E-state index contributed by atoms with van der Waals surface area (Å²) in [4.78, 5) is 0. The predicted octanol–water partition coefficient (Wildman–Crippen LogP) is 4.19. The van der Waals surface area contributed by atoms with Crippen LogP contribution in [0.5, 0.6) is 0 Å². The largest absolute Gasteiger partial charge is 0.123 e. The van der Waals surface area contributed by atoms with E-state index in [1.54, 1.807) is 0 Å². The first kappa shape index (κ1) is 11.6. The molecule has 0 N–H and O–H groups in total. The Morgan fingerprint density at radius 2 is 1.86 bits per heavy atom. The molecule has 78 valence electrons. The van der Waals surface area contributed by atoms with Crippen LogP contribution in [0.2, 0.25) is 0 Å². The van der Waals surface area contributed by atoms with Crippen molar-refractivity contribution in [2.45, 2.75) is 39.0 Å². The Bertz CT molecular complexity index is 278. The van der Waals surface area contributed by atoms with Gasteiger partial charge in [-0.05, 0) is 36.8 Å². The molecular formula is C13H19Cl. The highest BCUT2D eigenvalue weighted by molar-refractivity contribution is 6.20. The molecule has 0 saturated heterocycles. The summed E-state index contributed by atoms with van der Waals surface area (Å²) in [7, 11) is 0. The van der Waals surface area contributed by atoms with Crippen molar-refractivity contribution < 1.29 is 0 Å². The second-order valence-electron chi connectivity index (χ2n) is 4.23. The van der Waals surface area contributed by atoms with Crippen molar-refractivity contribution >= 4 is 11.6 Å². The minimum atomic E-state index is 0.301. The van der Waals surface area contributed by atoms with Gasteiger partial charge in [0.25, 0.3) is 0 Å². The standard InChI is InChI=1S/C13H19Cl/c1-10(2)13(14)9-8-12-7-5-4-6-11(12)3/h4-7,10,13H,8-9H2,1-3H3. The van der Waals surface area contributed by atoms with Crippen molar-refractivity contribution in [3.05, 3.63) is 35.4 Å². The van der Waals surface area contributed by atoms with Crippen molar-refractivity contribution in [2.24, 2.45) is 5.92 Å². The molecular weight excluding hydrogens is 192 g/mol. The van der Waals surface area contributed by atoms with Crippen molar-refractivity contribution in [3.63, 3.8) is 0 Å². The molecule has 0 fully saturated rings. The molecule has 1 heteroatoms. The van der Waals surface area contributed by atoms with Gasteiger partial charge in [-0.15, -0.1) is 11.6 Å². The van der Waals surface area contributed by atoms with E-state index in [0.717, 1.165) is 12.8 Å². The zero-order valence-electron chi connectivity index (χ0n) is 9.26. The maximum atomic E-state index is 6.22. The Morgan fingerprint density at radius 3 is 2.43 bits per heavy atom. The summed E-state index contributed by atoms with van der Waals surface area (Å²) < 4.78 is 0. The van der Waals surface area contributed by atoms with Crippen LogP contribution < -0.4 is 0 Å². The second-order valence-corrected chi connectivity index (χ2v) is 4.79. The van der Waals surface area contributed by atoms with E-state index in [0.29, 0.717) is 11.3 Å². The van der Waals surface area contributed by atoms with Crippen LogP contribution in [-0.2, 0) is 6.42 Å². The molecule has 0 amide bonds.